The van der Waals surface area contributed by atoms with Crippen LogP contribution in [0.3, 0.4) is 0 Å². The Hall–Kier alpha value is -1.16. The number of hydrogen-bond acceptors (Lipinski definition) is 4. The van der Waals surface area contributed by atoms with E-state index in [0.29, 0.717) is 0 Å². The summed E-state index contributed by atoms with van der Waals surface area (Å²) >= 11 is 0. The molecule has 0 amide bonds. The van der Waals surface area contributed by atoms with E-state index in [9.17, 15) is 0 Å². The topological polar surface area (TPSA) is 32.3 Å². The molecule has 1 aliphatic heterocycles. The first-order valence-corrected chi connectivity index (χ1v) is 4.98. The van der Waals surface area contributed by atoms with Crippen LogP contribution in [0.25, 0.3) is 0 Å². The number of anilines is 1. The molecule has 4 nitrogen and oxygen atoms in total. The Morgan fingerprint density at radius 3 is 2.50 bits per heavy atom. The lowest BCUT2D eigenvalue weighted by Crippen LogP contribution is -2.44. The maximum atomic E-state index is 4.28. The minimum absolute atomic E-state index is 1.04. The van der Waals surface area contributed by atoms with Gasteiger partial charge in [0.15, 0.2) is 0 Å². The molecule has 76 valence electrons. The highest BCUT2D eigenvalue weighted by molar-refractivity contribution is 5.39. The van der Waals surface area contributed by atoms with E-state index in [1.165, 1.54) is 0 Å². The fourth-order valence-corrected chi connectivity index (χ4v) is 1.65. The van der Waals surface area contributed by atoms with Crippen LogP contribution in [-0.2, 0) is 0 Å². The van der Waals surface area contributed by atoms with Gasteiger partial charge in [-0.25, -0.2) is 9.97 Å². The van der Waals surface area contributed by atoms with Crippen LogP contribution in [0.15, 0.2) is 12.4 Å². The van der Waals surface area contributed by atoms with Crippen LogP contribution in [0.2, 0.25) is 0 Å². The average Bonchev–Trinajstić information content (AvgIpc) is 2.19. The lowest BCUT2D eigenvalue weighted by atomic mass is 10.3. The molecule has 1 aliphatic rings. The molecular formula is C10H16N4. The Balaban J connectivity index is 2.08. The maximum Gasteiger partial charge on any atom is 0.132 e. The van der Waals surface area contributed by atoms with E-state index in [0.717, 1.165) is 37.7 Å². The van der Waals surface area contributed by atoms with Crippen LogP contribution in [0.4, 0.5) is 5.82 Å². The molecule has 2 heterocycles. The minimum Gasteiger partial charge on any atom is -0.354 e. The van der Waals surface area contributed by atoms with Crippen molar-refractivity contribution in [3.05, 3.63) is 18.1 Å². The molecule has 14 heavy (non-hydrogen) atoms. The highest BCUT2D eigenvalue weighted by Gasteiger charge is 2.14. The van der Waals surface area contributed by atoms with Gasteiger partial charge in [0, 0.05) is 37.9 Å². The predicted molar refractivity (Wildman–Crippen MR) is 56.5 cm³/mol. The molecule has 4 heteroatoms. The van der Waals surface area contributed by atoms with Gasteiger partial charge in [0.05, 0.1) is 0 Å². The number of rotatable bonds is 1. The molecule has 1 aromatic rings. The first-order chi connectivity index (χ1) is 6.75. The SMILES string of the molecule is Cc1cc(N2CCN(C)CC2)ncn1. The van der Waals surface area contributed by atoms with Gasteiger partial charge in [0.2, 0.25) is 0 Å². The second-order valence-electron chi connectivity index (χ2n) is 3.81. The lowest BCUT2D eigenvalue weighted by molar-refractivity contribution is 0.312. The lowest BCUT2D eigenvalue weighted by Gasteiger charge is -2.33. The normalized spacial score (nSPS) is 18.6. The quantitative estimate of drug-likeness (QED) is 0.650. The van der Waals surface area contributed by atoms with Crippen molar-refractivity contribution in [1.82, 2.24) is 14.9 Å². The Kier molecular flexibility index (Phi) is 2.63. The molecule has 0 unspecified atom stereocenters. The van der Waals surface area contributed by atoms with E-state index in [1.807, 2.05) is 13.0 Å². The molecule has 1 aromatic heterocycles. The van der Waals surface area contributed by atoms with Gasteiger partial charge in [0.1, 0.15) is 12.1 Å². The number of hydrogen-bond donors (Lipinski definition) is 0. The second-order valence-corrected chi connectivity index (χ2v) is 3.81. The van der Waals surface area contributed by atoms with Crippen molar-refractivity contribution >= 4 is 5.82 Å². The summed E-state index contributed by atoms with van der Waals surface area (Å²) in [5, 5.41) is 0. The summed E-state index contributed by atoms with van der Waals surface area (Å²) in [6.45, 7) is 6.35. The van der Waals surface area contributed by atoms with Crippen LogP contribution in [0, 0.1) is 6.92 Å². The van der Waals surface area contributed by atoms with Crippen molar-refractivity contribution in [2.75, 3.05) is 38.1 Å². The molecule has 0 aliphatic carbocycles. The number of nitrogens with zero attached hydrogens (tertiary/aromatic N) is 4. The third-order valence-corrected chi connectivity index (χ3v) is 2.62. The maximum absolute atomic E-state index is 4.28. The number of likely N-dealkylation sites (N-methyl/N-ethyl adjacent to an activating group) is 1. The molecule has 0 saturated carbocycles. The Morgan fingerprint density at radius 1 is 1.14 bits per heavy atom. The molecule has 0 N–H and O–H groups in total. The summed E-state index contributed by atoms with van der Waals surface area (Å²) in [5.74, 6) is 1.06. The van der Waals surface area contributed by atoms with E-state index in [1.54, 1.807) is 6.33 Å². The number of aryl methyl sites for hydroxylation is 1. The fourth-order valence-electron chi connectivity index (χ4n) is 1.65. The molecule has 0 spiro atoms. The van der Waals surface area contributed by atoms with Crippen molar-refractivity contribution in [2.45, 2.75) is 6.92 Å². The van der Waals surface area contributed by atoms with Crippen molar-refractivity contribution in [3.63, 3.8) is 0 Å². The Bertz CT molecular complexity index is 305. The van der Waals surface area contributed by atoms with E-state index >= 15 is 0 Å². The summed E-state index contributed by atoms with van der Waals surface area (Å²) in [4.78, 5) is 13.0. The summed E-state index contributed by atoms with van der Waals surface area (Å²) < 4.78 is 0. The van der Waals surface area contributed by atoms with Crippen molar-refractivity contribution < 1.29 is 0 Å². The summed E-state index contributed by atoms with van der Waals surface area (Å²) in [5.41, 5.74) is 1.04. The third kappa shape index (κ3) is 2.01. The zero-order valence-corrected chi connectivity index (χ0v) is 8.77. The highest BCUT2D eigenvalue weighted by atomic mass is 15.3. The highest BCUT2D eigenvalue weighted by Crippen LogP contribution is 2.12. The van der Waals surface area contributed by atoms with Crippen molar-refractivity contribution in [3.8, 4) is 0 Å². The molecule has 0 atom stereocenters. The molecule has 2 rings (SSSR count). The Labute approximate surface area is 84.6 Å². The zero-order valence-electron chi connectivity index (χ0n) is 8.77. The molecule has 0 radical (unpaired) electrons. The second kappa shape index (κ2) is 3.92. The van der Waals surface area contributed by atoms with Gasteiger partial charge in [-0.2, -0.15) is 0 Å². The monoisotopic (exact) mass is 192 g/mol. The van der Waals surface area contributed by atoms with Gasteiger partial charge in [-0.1, -0.05) is 0 Å². The molecule has 0 bridgehead atoms. The van der Waals surface area contributed by atoms with Gasteiger partial charge < -0.3 is 9.80 Å². The third-order valence-electron chi connectivity index (χ3n) is 2.62. The van der Waals surface area contributed by atoms with Crippen molar-refractivity contribution in [1.29, 1.82) is 0 Å². The predicted octanol–water partition coefficient (Wildman–Crippen LogP) is 0.537. The minimum atomic E-state index is 1.04. The van der Waals surface area contributed by atoms with E-state index in [-0.39, 0.29) is 0 Å². The largest absolute Gasteiger partial charge is 0.354 e. The Morgan fingerprint density at radius 2 is 1.86 bits per heavy atom. The molecule has 1 saturated heterocycles. The summed E-state index contributed by atoms with van der Waals surface area (Å²) in [6, 6.07) is 2.05. The zero-order chi connectivity index (χ0) is 9.97. The van der Waals surface area contributed by atoms with Gasteiger partial charge in [0.25, 0.3) is 0 Å². The summed E-state index contributed by atoms with van der Waals surface area (Å²) in [7, 11) is 2.16. The van der Waals surface area contributed by atoms with Gasteiger partial charge in [-0.15, -0.1) is 0 Å². The smallest absolute Gasteiger partial charge is 0.132 e. The van der Waals surface area contributed by atoms with Crippen molar-refractivity contribution in [2.24, 2.45) is 0 Å². The van der Waals surface area contributed by atoms with E-state index < -0.39 is 0 Å². The number of piperazine rings is 1. The molecular weight excluding hydrogens is 176 g/mol. The van der Waals surface area contributed by atoms with Crippen LogP contribution < -0.4 is 4.90 Å². The first kappa shape index (κ1) is 9.40. The van der Waals surface area contributed by atoms with Gasteiger partial charge in [-0.3, -0.25) is 0 Å². The van der Waals surface area contributed by atoms with Gasteiger partial charge >= 0.3 is 0 Å². The van der Waals surface area contributed by atoms with Crippen LogP contribution in [-0.4, -0.2) is 48.1 Å². The van der Waals surface area contributed by atoms with Gasteiger partial charge in [-0.05, 0) is 14.0 Å². The molecule has 0 aromatic carbocycles. The average molecular weight is 192 g/mol. The van der Waals surface area contributed by atoms with Crippen LogP contribution >= 0.6 is 0 Å². The van der Waals surface area contributed by atoms with E-state index in [4.69, 9.17) is 0 Å². The summed E-state index contributed by atoms with van der Waals surface area (Å²) in [6.07, 6.45) is 1.64. The standard InChI is InChI=1S/C10H16N4/c1-9-7-10(12-8-11-9)14-5-3-13(2)4-6-14/h7-8H,3-6H2,1-2H3. The molecule has 1 fully saturated rings. The number of aromatic nitrogens is 2. The van der Waals surface area contributed by atoms with E-state index in [2.05, 4.69) is 26.8 Å². The fraction of sp³-hybridized carbons (Fsp3) is 0.600. The van der Waals surface area contributed by atoms with Crippen LogP contribution in [0.5, 0.6) is 0 Å². The van der Waals surface area contributed by atoms with Crippen LogP contribution in [0.1, 0.15) is 5.69 Å². The first-order valence-electron chi connectivity index (χ1n) is 4.98.